The Kier molecular flexibility index (Phi) is 4.33. The van der Waals surface area contributed by atoms with Crippen LogP contribution in [0.4, 0.5) is 5.95 Å². The molecule has 3 aromatic heterocycles. The van der Waals surface area contributed by atoms with E-state index >= 15 is 0 Å². The van der Waals surface area contributed by atoms with Crippen LogP contribution in [0.25, 0.3) is 21.6 Å². The minimum absolute atomic E-state index is 0.104. The van der Waals surface area contributed by atoms with Crippen molar-refractivity contribution < 1.29 is 4.79 Å². The Balaban J connectivity index is 1.51. The second kappa shape index (κ2) is 6.78. The molecule has 0 saturated carbocycles. The summed E-state index contributed by atoms with van der Waals surface area (Å²) in [5.74, 6) is 0.481. The lowest BCUT2D eigenvalue weighted by atomic mass is 10.3. The van der Waals surface area contributed by atoms with Crippen LogP contribution in [0.15, 0.2) is 46.5 Å². The molecule has 0 atom stereocenters. The van der Waals surface area contributed by atoms with Crippen molar-refractivity contribution in [2.45, 2.75) is 19.9 Å². The number of aromatic nitrogens is 3. The first-order valence-electron chi connectivity index (χ1n) is 7.96. The zero-order chi connectivity index (χ0) is 17.2. The first-order chi connectivity index (χ1) is 12.2. The molecule has 4 aromatic rings. The average Bonchev–Trinajstić information content (AvgIpc) is 3.33. The number of aryl methyl sites for hydroxylation is 1. The highest BCUT2D eigenvalue weighted by atomic mass is 32.1. The maximum Gasteiger partial charge on any atom is 0.232 e. The minimum atomic E-state index is -0.104. The highest BCUT2D eigenvalue weighted by Gasteiger charge is 2.14. The van der Waals surface area contributed by atoms with Crippen LogP contribution in [-0.2, 0) is 17.8 Å². The number of amides is 1. The van der Waals surface area contributed by atoms with Crippen LogP contribution >= 0.6 is 22.7 Å². The maximum atomic E-state index is 12.4. The van der Waals surface area contributed by atoms with Gasteiger partial charge in [0.1, 0.15) is 5.01 Å². The predicted octanol–water partition coefficient (Wildman–Crippen LogP) is 4.42. The van der Waals surface area contributed by atoms with Gasteiger partial charge in [0, 0.05) is 22.9 Å². The van der Waals surface area contributed by atoms with Gasteiger partial charge in [0.15, 0.2) is 0 Å². The van der Waals surface area contributed by atoms with Gasteiger partial charge in [-0.05, 0) is 30.5 Å². The van der Waals surface area contributed by atoms with Crippen LogP contribution in [0.1, 0.15) is 12.6 Å². The SMILES string of the molecule is CCn1c(NC(=O)Cc2csc(-c3ccsc3)n2)nc2ccccc21. The Morgan fingerprint density at radius 1 is 1.20 bits per heavy atom. The van der Waals surface area contributed by atoms with E-state index in [1.54, 1.807) is 22.7 Å². The van der Waals surface area contributed by atoms with Crippen LogP contribution < -0.4 is 5.32 Å². The Bertz CT molecular complexity index is 1020. The molecule has 0 aliphatic heterocycles. The molecule has 0 aliphatic carbocycles. The van der Waals surface area contributed by atoms with E-state index in [2.05, 4.69) is 20.7 Å². The molecule has 0 bridgehead atoms. The second-order valence-corrected chi connectivity index (χ2v) is 7.19. The number of thiazole rings is 1. The van der Waals surface area contributed by atoms with Crippen molar-refractivity contribution in [3.8, 4) is 10.6 Å². The number of nitrogens with one attached hydrogen (secondary N) is 1. The van der Waals surface area contributed by atoms with Gasteiger partial charge in [0.2, 0.25) is 11.9 Å². The molecular weight excluding hydrogens is 352 g/mol. The minimum Gasteiger partial charge on any atom is -0.310 e. The van der Waals surface area contributed by atoms with E-state index in [9.17, 15) is 4.79 Å². The highest BCUT2D eigenvalue weighted by Crippen LogP contribution is 2.26. The summed E-state index contributed by atoms with van der Waals surface area (Å²) in [5.41, 5.74) is 3.79. The molecule has 0 spiro atoms. The quantitative estimate of drug-likeness (QED) is 0.567. The van der Waals surface area contributed by atoms with E-state index in [1.807, 2.05) is 52.6 Å². The van der Waals surface area contributed by atoms with E-state index in [-0.39, 0.29) is 12.3 Å². The first kappa shape index (κ1) is 16.0. The summed E-state index contributed by atoms with van der Waals surface area (Å²) < 4.78 is 2.01. The van der Waals surface area contributed by atoms with Gasteiger partial charge in [-0.15, -0.1) is 11.3 Å². The summed E-state index contributed by atoms with van der Waals surface area (Å²) in [4.78, 5) is 21.5. The van der Waals surface area contributed by atoms with Crippen molar-refractivity contribution >= 4 is 45.6 Å². The summed E-state index contributed by atoms with van der Waals surface area (Å²) in [6.45, 7) is 2.78. The molecule has 7 heteroatoms. The number of fused-ring (bicyclic) bond motifs is 1. The molecule has 0 radical (unpaired) electrons. The molecule has 4 rings (SSSR count). The lowest BCUT2D eigenvalue weighted by molar-refractivity contribution is -0.115. The highest BCUT2D eigenvalue weighted by molar-refractivity contribution is 7.14. The van der Waals surface area contributed by atoms with Crippen molar-refractivity contribution in [1.82, 2.24) is 14.5 Å². The Morgan fingerprint density at radius 2 is 2.08 bits per heavy atom. The van der Waals surface area contributed by atoms with Gasteiger partial charge in [-0.25, -0.2) is 9.97 Å². The average molecular weight is 368 g/mol. The number of anilines is 1. The number of benzene rings is 1. The summed E-state index contributed by atoms with van der Waals surface area (Å²) in [5, 5.41) is 9.90. The number of nitrogens with zero attached hydrogens (tertiary/aromatic N) is 3. The molecule has 0 aliphatic rings. The number of hydrogen-bond donors (Lipinski definition) is 1. The number of carbonyl (C=O) groups excluding carboxylic acids is 1. The lowest BCUT2D eigenvalue weighted by Gasteiger charge is -2.06. The molecule has 0 fully saturated rings. The van der Waals surface area contributed by atoms with E-state index in [4.69, 9.17) is 0 Å². The lowest BCUT2D eigenvalue weighted by Crippen LogP contribution is -2.17. The third-order valence-corrected chi connectivity index (χ3v) is 5.51. The summed E-state index contributed by atoms with van der Waals surface area (Å²) >= 11 is 3.20. The monoisotopic (exact) mass is 368 g/mol. The van der Waals surface area contributed by atoms with Gasteiger partial charge < -0.3 is 4.57 Å². The molecule has 1 aromatic carbocycles. The van der Waals surface area contributed by atoms with Crippen LogP contribution in [0.5, 0.6) is 0 Å². The Labute approximate surface area is 153 Å². The molecule has 25 heavy (non-hydrogen) atoms. The molecule has 3 heterocycles. The Hall–Kier alpha value is -2.51. The zero-order valence-electron chi connectivity index (χ0n) is 13.6. The van der Waals surface area contributed by atoms with Crippen LogP contribution in [-0.4, -0.2) is 20.4 Å². The fraction of sp³-hybridized carbons (Fsp3) is 0.167. The molecule has 0 unspecified atom stereocenters. The van der Waals surface area contributed by atoms with Gasteiger partial charge in [0.05, 0.1) is 23.1 Å². The first-order valence-corrected chi connectivity index (χ1v) is 9.79. The van der Waals surface area contributed by atoms with Crippen molar-refractivity contribution in [3.05, 3.63) is 52.2 Å². The molecular formula is C18H16N4OS2. The van der Waals surface area contributed by atoms with Crippen LogP contribution in [0.3, 0.4) is 0 Å². The number of para-hydroxylation sites is 2. The molecule has 1 N–H and O–H groups in total. The molecule has 126 valence electrons. The van der Waals surface area contributed by atoms with Crippen molar-refractivity contribution in [1.29, 1.82) is 0 Å². The van der Waals surface area contributed by atoms with Crippen LogP contribution in [0.2, 0.25) is 0 Å². The van der Waals surface area contributed by atoms with Gasteiger partial charge in [0.25, 0.3) is 0 Å². The van der Waals surface area contributed by atoms with E-state index in [0.29, 0.717) is 5.95 Å². The Morgan fingerprint density at radius 3 is 2.88 bits per heavy atom. The molecule has 1 amide bonds. The zero-order valence-corrected chi connectivity index (χ0v) is 15.2. The maximum absolute atomic E-state index is 12.4. The van der Waals surface area contributed by atoms with Gasteiger partial charge in [-0.3, -0.25) is 10.1 Å². The number of rotatable bonds is 5. The normalized spacial score (nSPS) is 11.1. The molecule has 0 saturated heterocycles. The standard InChI is InChI=1S/C18H16N4OS2/c1-2-22-15-6-4-3-5-14(15)20-18(22)21-16(23)9-13-11-25-17(19-13)12-7-8-24-10-12/h3-8,10-11H,2,9H2,1H3,(H,20,21,23). The number of imidazole rings is 1. The van der Waals surface area contributed by atoms with Crippen molar-refractivity contribution in [2.75, 3.05) is 5.32 Å². The fourth-order valence-electron chi connectivity index (χ4n) is 2.73. The summed E-state index contributed by atoms with van der Waals surface area (Å²) in [6, 6.07) is 9.92. The summed E-state index contributed by atoms with van der Waals surface area (Å²) in [7, 11) is 0. The predicted molar refractivity (Wildman–Crippen MR) is 103 cm³/mol. The van der Waals surface area contributed by atoms with Gasteiger partial charge in [-0.2, -0.15) is 11.3 Å². The number of carbonyl (C=O) groups is 1. The number of hydrogen-bond acceptors (Lipinski definition) is 5. The van der Waals surface area contributed by atoms with Gasteiger partial charge in [-0.1, -0.05) is 12.1 Å². The fourth-order valence-corrected chi connectivity index (χ4v) is 4.26. The van der Waals surface area contributed by atoms with E-state index in [1.165, 1.54) is 0 Å². The van der Waals surface area contributed by atoms with E-state index in [0.717, 1.165) is 33.8 Å². The van der Waals surface area contributed by atoms with Crippen molar-refractivity contribution in [2.24, 2.45) is 0 Å². The third kappa shape index (κ3) is 3.20. The summed E-state index contributed by atoms with van der Waals surface area (Å²) in [6.07, 6.45) is 0.244. The number of thiophene rings is 1. The molecule has 5 nitrogen and oxygen atoms in total. The smallest absolute Gasteiger partial charge is 0.232 e. The topological polar surface area (TPSA) is 59.8 Å². The largest absolute Gasteiger partial charge is 0.310 e. The third-order valence-electron chi connectivity index (χ3n) is 3.88. The second-order valence-electron chi connectivity index (χ2n) is 5.55. The van der Waals surface area contributed by atoms with Crippen molar-refractivity contribution in [3.63, 3.8) is 0 Å². The van der Waals surface area contributed by atoms with Gasteiger partial charge >= 0.3 is 0 Å². The van der Waals surface area contributed by atoms with E-state index < -0.39 is 0 Å². The van der Waals surface area contributed by atoms with Crippen LogP contribution in [0, 0.1) is 0 Å².